The molecule has 3 nitrogen and oxygen atoms in total. The molecule has 0 aliphatic carbocycles. The maximum Gasteiger partial charge on any atom is 0.142 e. The second-order valence-corrected chi connectivity index (χ2v) is 5.83. The van der Waals surface area contributed by atoms with Crippen molar-refractivity contribution >= 4 is 21.7 Å². The van der Waals surface area contributed by atoms with Gasteiger partial charge in [0.25, 0.3) is 0 Å². The Bertz CT molecular complexity index is 918. The van der Waals surface area contributed by atoms with Gasteiger partial charge in [-0.3, -0.25) is 0 Å². The molecule has 112 valence electrons. The van der Waals surface area contributed by atoms with Crippen molar-refractivity contribution in [3.05, 3.63) is 70.5 Å². The summed E-state index contributed by atoms with van der Waals surface area (Å²) in [6.45, 7) is 0. The lowest BCUT2D eigenvalue weighted by molar-refractivity contribution is 0.631. The molecule has 0 aliphatic heterocycles. The number of anilines is 1. The number of aromatic nitrogens is 1. The van der Waals surface area contributed by atoms with Crippen LogP contribution in [0.2, 0.25) is 0 Å². The topological polar surface area (TPSA) is 62.7 Å². The monoisotopic (exact) mass is 367 g/mol. The van der Waals surface area contributed by atoms with Gasteiger partial charge < -0.3 is 5.73 Å². The van der Waals surface area contributed by atoms with Crippen LogP contribution >= 0.6 is 15.9 Å². The van der Waals surface area contributed by atoms with Crippen molar-refractivity contribution in [1.82, 2.24) is 4.98 Å². The largest absolute Gasteiger partial charge is 0.383 e. The van der Waals surface area contributed by atoms with Crippen molar-refractivity contribution in [2.24, 2.45) is 0 Å². The fourth-order valence-electron chi connectivity index (χ4n) is 2.36. The zero-order valence-corrected chi connectivity index (χ0v) is 13.5. The van der Waals surface area contributed by atoms with Gasteiger partial charge in [-0.25, -0.2) is 9.37 Å². The van der Waals surface area contributed by atoms with E-state index < -0.39 is 5.82 Å². The van der Waals surface area contributed by atoms with Gasteiger partial charge in [-0.15, -0.1) is 0 Å². The second-order valence-electron chi connectivity index (χ2n) is 4.92. The van der Waals surface area contributed by atoms with Crippen molar-refractivity contribution in [3.8, 4) is 28.5 Å². The van der Waals surface area contributed by atoms with Crippen molar-refractivity contribution in [2.75, 3.05) is 5.73 Å². The number of rotatable bonds is 2. The first-order valence-corrected chi connectivity index (χ1v) is 7.61. The van der Waals surface area contributed by atoms with Crippen molar-refractivity contribution < 1.29 is 4.39 Å². The average molecular weight is 368 g/mol. The summed E-state index contributed by atoms with van der Waals surface area (Å²) in [5, 5.41) is 9.38. The van der Waals surface area contributed by atoms with Gasteiger partial charge in [0.15, 0.2) is 0 Å². The van der Waals surface area contributed by atoms with Crippen molar-refractivity contribution in [2.45, 2.75) is 0 Å². The first kappa shape index (κ1) is 15.2. The highest BCUT2D eigenvalue weighted by Gasteiger charge is 2.16. The van der Waals surface area contributed by atoms with Crippen LogP contribution in [0.4, 0.5) is 10.2 Å². The molecule has 3 rings (SSSR count). The normalized spacial score (nSPS) is 10.3. The molecular weight excluding hydrogens is 357 g/mol. The van der Waals surface area contributed by atoms with E-state index in [0.29, 0.717) is 16.8 Å². The van der Waals surface area contributed by atoms with Crippen LogP contribution < -0.4 is 5.73 Å². The summed E-state index contributed by atoms with van der Waals surface area (Å²) in [4.78, 5) is 4.27. The fraction of sp³-hybridized carbons (Fsp3) is 0. The molecule has 0 amide bonds. The number of nitrogens with zero attached hydrogens (tertiary/aromatic N) is 2. The molecule has 0 saturated carbocycles. The Morgan fingerprint density at radius 2 is 1.78 bits per heavy atom. The molecule has 3 aromatic rings. The number of nitriles is 1. The van der Waals surface area contributed by atoms with Gasteiger partial charge in [0, 0.05) is 21.2 Å². The Morgan fingerprint density at radius 1 is 1.04 bits per heavy atom. The molecule has 0 atom stereocenters. The summed E-state index contributed by atoms with van der Waals surface area (Å²) < 4.78 is 15.0. The summed E-state index contributed by atoms with van der Waals surface area (Å²) >= 11 is 3.33. The number of halogens is 2. The van der Waals surface area contributed by atoms with Gasteiger partial charge in [0.2, 0.25) is 0 Å². The highest BCUT2D eigenvalue weighted by Crippen LogP contribution is 2.33. The van der Waals surface area contributed by atoms with Crippen LogP contribution in [-0.2, 0) is 0 Å². The third-order valence-corrected chi connectivity index (χ3v) is 3.94. The van der Waals surface area contributed by atoms with Gasteiger partial charge >= 0.3 is 0 Å². The summed E-state index contributed by atoms with van der Waals surface area (Å²) in [6, 6.07) is 17.7. The first-order chi connectivity index (χ1) is 11.1. The van der Waals surface area contributed by atoms with Crippen molar-refractivity contribution in [1.29, 1.82) is 5.26 Å². The van der Waals surface area contributed by atoms with Crippen LogP contribution in [0.3, 0.4) is 0 Å². The zero-order valence-electron chi connectivity index (χ0n) is 11.9. The van der Waals surface area contributed by atoms with E-state index in [1.54, 1.807) is 18.2 Å². The first-order valence-electron chi connectivity index (χ1n) is 6.81. The van der Waals surface area contributed by atoms with Crippen LogP contribution in [0.1, 0.15) is 5.56 Å². The molecule has 1 heterocycles. The van der Waals surface area contributed by atoms with E-state index in [-0.39, 0.29) is 11.4 Å². The minimum atomic E-state index is -0.422. The molecule has 1 aromatic heterocycles. The molecule has 2 aromatic carbocycles. The molecule has 2 N–H and O–H groups in total. The fourth-order valence-corrected chi connectivity index (χ4v) is 2.72. The predicted octanol–water partition coefficient (Wildman–Crippen LogP) is 4.77. The molecule has 0 spiro atoms. The van der Waals surface area contributed by atoms with E-state index in [1.807, 2.05) is 36.4 Å². The molecule has 0 saturated heterocycles. The molecule has 0 bridgehead atoms. The number of hydrogen-bond acceptors (Lipinski definition) is 3. The van der Waals surface area contributed by atoms with Crippen molar-refractivity contribution in [3.63, 3.8) is 0 Å². The Kier molecular flexibility index (Phi) is 4.09. The Balaban J connectivity index is 2.29. The minimum absolute atomic E-state index is 0.0863. The van der Waals surface area contributed by atoms with Gasteiger partial charge in [0.1, 0.15) is 23.3 Å². The highest BCUT2D eigenvalue weighted by molar-refractivity contribution is 9.10. The van der Waals surface area contributed by atoms with Gasteiger partial charge in [-0.05, 0) is 24.3 Å². The predicted molar refractivity (Wildman–Crippen MR) is 91.9 cm³/mol. The number of nitrogens with two attached hydrogens (primary N) is 1. The SMILES string of the molecule is N#Cc1c(-c2cc(Br)ccc2F)cc(-c2ccccc2)nc1N. The second kappa shape index (κ2) is 6.19. The number of pyridine rings is 1. The van der Waals surface area contributed by atoms with E-state index >= 15 is 0 Å². The maximum atomic E-state index is 14.2. The van der Waals surface area contributed by atoms with Crippen LogP contribution in [0.25, 0.3) is 22.4 Å². The van der Waals surface area contributed by atoms with E-state index in [4.69, 9.17) is 5.73 Å². The lowest BCUT2D eigenvalue weighted by Gasteiger charge is -2.11. The molecular formula is C18H11BrFN3. The third kappa shape index (κ3) is 2.94. The molecule has 0 radical (unpaired) electrons. The van der Waals surface area contributed by atoms with Gasteiger partial charge in [-0.1, -0.05) is 46.3 Å². The van der Waals surface area contributed by atoms with E-state index in [0.717, 1.165) is 10.0 Å². The molecule has 23 heavy (non-hydrogen) atoms. The summed E-state index contributed by atoms with van der Waals surface area (Å²) in [5.74, 6) is -0.336. The quantitative estimate of drug-likeness (QED) is 0.709. The average Bonchev–Trinajstić information content (AvgIpc) is 2.57. The van der Waals surface area contributed by atoms with E-state index in [2.05, 4.69) is 20.9 Å². The third-order valence-electron chi connectivity index (χ3n) is 3.45. The Hall–Kier alpha value is -2.71. The van der Waals surface area contributed by atoms with Crippen LogP contribution in [0.15, 0.2) is 59.1 Å². The summed E-state index contributed by atoms with van der Waals surface area (Å²) in [6.07, 6.45) is 0. The highest BCUT2D eigenvalue weighted by atomic mass is 79.9. The molecule has 0 aliphatic rings. The molecule has 0 unspecified atom stereocenters. The minimum Gasteiger partial charge on any atom is -0.383 e. The van der Waals surface area contributed by atoms with E-state index in [9.17, 15) is 9.65 Å². The molecule has 5 heteroatoms. The van der Waals surface area contributed by atoms with E-state index in [1.165, 1.54) is 6.07 Å². The summed E-state index contributed by atoms with van der Waals surface area (Å²) in [5.41, 5.74) is 8.27. The number of nitrogen functional groups attached to an aromatic ring is 1. The number of hydrogen-bond donors (Lipinski definition) is 1. The summed E-state index contributed by atoms with van der Waals surface area (Å²) in [7, 11) is 0. The van der Waals surface area contributed by atoms with Crippen LogP contribution in [-0.4, -0.2) is 4.98 Å². The van der Waals surface area contributed by atoms with Crippen LogP contribution in [0, 0.1) is 17.1 Å². The Labute approximate surface area is 141 Å². The van der Waals surface area contributed by atoms with Crippen LogP contribution in [0.5, 0.6) is 0 Å². The van der Waals surface area contributed by atoms with Gasteiger partial charge in [-0.2, -0.15) is 5.26 Å². The zero-order chi connectivity index (χ0) is 16.4. The number of benzene rings is 2. The smallest absolute Gasteiger partial charge is 0.142 e. The van der Waals surface area contributed by atoms with Gasteiger partial charge in [0.05, 0.1) is 5.69 Å². The lowest BCUT2D eigenvalue weighted by Crippen LogP contribution is -2.00. The Morgan fingerprint density at radius 3 is 2.48 bits per heavy atom. The lowest BCUT2D eigenvalue weighted by atomic mass is 9.98. The standard InChI is InChI=1S/C18H11BrFN3/c19-12-6-7-16(20)14(8-12)13-9-17(11-4-2-1-3-5-11)23-18(22)15(13)10-21/h1-9H,(H2,22,23). The maximum absolute atomic E-state index is 14.2. The molecule has 0 fully saturated rings.